The molecule has 0 fully saturated rings. The fraction of sp³-hybridized carbons (Fsp3) is 0.0556. The van der Waals surface area contributed by atoms with E-state index >= 15 is 0 Å². The van der Waals surface area contributed by atoms with Crippen LogP contribution in [0.25, 0.3) is 27.8 Å². The highest BCUT2D eigenvalue weighted by Crippen LogP contribution is 2.31. The van der Waals surface area contributed by atoms with Gasteiger partial charge in [-0.2, -0.15) is 0 Å². The number of nitrogens with zero attached hydrogens (tertiary/aromatic N) is 2. The fourth-order valence-electron chi connectivity index (χ4n) is 2.70. The Hall–Kier alpha value is -2.52. The van der Waals surface area contributed by atoms with E-state index in [0.717, 1.165) is 33.6 Å². The summed E-state index contributed by atoms with van der Waals surface area (Å²) >= 11 is 6.51. The van der Waals surface area contributed by atoms with Crippen molar-refractivity contribution in [1.82, 2.24) is 9.38 Å². The number of hydrogen-bond acceptors (Lipinski definition) is 2. The fourth-order valence-corrected chi connectivity index (χ4v) is 3.00. The van der Waals surface area contributed by atoms with E-state index in [1.807, 2.05) is 59.1 Å². The van der Waals surface area contributed by atoms with Crippen LogP contribution in [0, 0.1) is 0 Å². The first-order chi connectivity index (χ1) is 10.8. The Morgan fingerprint density at radius 1 is 1.00 bits per heavy atom. The molecule has 4 aromatic rings. The molecule has 3 nitrogen and oxygen atoms in total. The second kappa shape index (κ2) is 5.04. The molecular weight excluding hydrogens is 296 g/mol. The van der Waals surface area contributed by atoms with Crippen LogP contribution < -0.4 is 4.74 Å². The van der Waals surface area contributed by atoms with Gasteiger partial charge in [-0.05, 0) is 47.5 Å². The smallest absolute Gasteiger partial charge is 0.137 e. The molecule has 0 unspecified atom stereocenters. The summed E-state index contributed by atoms with van der Waals surface area (Å²) in [6.45, 7) is 0. The van der Waals surface area contributed by atoms with Gasteiger partial charge in [0, 0.05) is 6.20 Å². The van der Waals surface area contributed by atoms with Gasteiger partial charge >= 0.3 is 0 Å². The van der Waals surface area contributed by atoms with Crippen LogP contribution in [0.1, 0.15) is 0 Å². The second-order valence-corrected chi connectivity index (χ2v) is 5.50. The quantitative estimate of drug-likeness (QED) is 0.531. The number of imidazole rings is 1. The number of ether oxygens (including phenoxy) is 1. The van der Waals surface area contributed by atoms with Crippen molar-refractivity contribution in [3.8, 4) is 16.9 Å². The van der Waals surface area contributed by atoms with Gasteiger partial charge < -0.3 is 4.74 Å². The first kappa shape index (κ1) is 13.2. The molecule has 0 amide bonds. The van der Waals surface area contributed by atoms with Crippen molar-refractivity contribution >= 4 is 28.3 Å². The Bertz CT molecular complexity index is 974. The molecule has 2 aromatic heterocycles. The van der Waals surface area contributed by atoms with Crippen molar-refractivity contribution in [2.24, 2.45) is 0 Å². The molecule has 2 heterocycles. The molecule has 0 bridgehead atoms. The minimum atomic E-state index is 0.696. The first-order valence-electron chi connectivity index (χ1n) is 6.97. The molecule has 0 saturated carbocycles. The Morgan fingerprint density at radius 3 is 2.59 bits per heavy atom. The first-order valence-corrected chi connectivity index (χ1v) is 7.35. The number of aromatic nitrogens is 2. The van der Waals surface area contributed by atoms with Crippen molar-refractivity contribution < 1.29 is 4.74 Å². The zero-order chi connectivity index (χ0) is 15.1. The van der Waals surface area contributed by atoms with Gasteiger partial charge in [0.2, 0.25) is 0 Å². The summed E-state index contributed by atoms with van der Waals surface area (Å²) < 4.78 is 7.21. The van der Waals surface area contributed by atoms with Gasteiger partial charge in [-0.3, -0.25) is 4.40 Å². The maximum atomic E-state index is 6.51. The van der Waals surface area contributed by atoms with Crippen LogP contribution in [0.4, 0.5) is 0 Å². The van der Waals surface area contributed by atoms with Gasteiger partial charge in [-0.15, -0.1) is 0 Å². The molecule has 2 aromatic carbocycles. The molecule has 0 saturated heterocycles. The van der Waals surface area contributed by atoms with Crippen LogP contribution in [0.3, 0.4) is 0 Å². The summed E-state index contributed by atoms with van der Waals surface area (Å²) in [5.41, 5.74) is 4.86. The van der Waals surface area contributed by atoms with Crippen LogP contribution in [-0.4, -0.2) is 16.5 Å². The molecule has 4 rings (SSSR count). The Morgan fingerprint density at radius 2 is 1.82 bits per heavy atom. The maximum Gasteiger partial charge on any atom is 0.137 e. The topological polar surface area (TPSA) is 26.5 Å². The third kappa shape index (κ3) is 2.02. The van der Waals surface area contributed by atoms with E-state index in [4.69, 9.17) is 16.3 Å². The number of rotatable bonds is 2. The van der Waals surface area contributed by atoms with E-state index in [9.17, 15) is 0 Å². The normalized spacial score (nSPS) is 11.2. The minimum Gasteiger partial charge on any atom is -0.497 e. The SMILES string of the molecule is COc1ccc(-c2cc(Cl)c3c(c2)nc2ccccn23)cc1. The summed E-state index contributed by atoms with van der Waals surface area (Å²) in [6, 6.07) is 17.9. The van der Waals surface area contributed by atoms with E-state index in [1.54, 1.807) is 7.11 Å². The van der Waals surface area contributed by atoms with Crippen molar-refractivity contribution in [2.75, 3.05) is 7.11 Å². The molecule has 0 N–H and O–H groups in total. The summed E-state index contributed by atoms with van der Waals surface area (Å²) in [7, 11) is 1.66. The van der Waals surface area contributed by atoms with Crippen LogP contribution in [0.2, 0.25) is 5.02 Å². The Labute approximate surface area is 132 Å². The highest BCUT2D eigenvalue weighted by molar-refractivity contribution is 6.35. The van der Waals surface area contributed by atoms with Crippen LogP contribution in [0.15, 0.2) is 60.8 Å². The Balaban J connectivity index is 1.94. The zero-order valence-corrected chi connectivity index (χ0v) is 12.7. The lowest BCUT2D eigenvalue weighted by Gasteiger charge is -2.05. The summed E-state index contributed by atoms with van der Waals surface area (Å²) in [5, 5.41) is 0.696. The van der Waals surface area contributed by atoms with E-state index in [1.165, 1.54) is 0 Å². The van der Waals surface area contributed by atoms with Crippen molar-refractivity contribution in [2.45, 2.75) is 0 Å². The van der Waals surface area contributed by atoms with Crippen LogP contribution in [0.5, 0.6) is 5.75 Å². The highest BCUT2D eigenvalue weighted by Gasteiger charge is 2.10. The molecule has 0 aliphatic heterocycles. The number of methoxy groups -OCH3 is 1. The molecule has 0 aliphatic carbocycles. The van der Waals surface area contributed by atoms with E-state index in [2.05, 4.69) is 11.1 Å². The molecule has 0 atom stereocenters. The van der Waals surface area contributed by atoms with Crippen LogP contribution >= 0.6 is 11.6 Å². The van der Waals surface area contributed by atoms with Gasteiger partial charge in [0.25, 0.3) is 0 Å². The number of halogens is 1. The van der Waals surface area contributed by atoms with Gasteiger partial charge in [0.15, 0.2) is 0 Å². The highest BCUT2D eigenvalue weighted by atomic mass is 35.5. The molecule has 0 aliphatic rings. The van der Waals surface area contributed by atoms with E-state index < -0.39 is 0 Å². The largest absolute Gasteiger partial charge is 0.497 e. The van der Waals surface area contributed by atoms with Gasteiger partial charge in [0.05, 0.1) is 23.2 Å². The summed E-state index contributed by atoms with van der Waals surface area (Å²) in [6.07, 6.45) is 1.98. The standard InChI is InChI=1S/C18H13ClN2O/c1-22-14-7-5-12(6-8-14)13-10-15(19)18-16(11-13)20-17-4-2-3-9-21(17)18/h2-11H,1H3. The van der Waals surface area contributed by atoms with Crippen molar-refractivity contribution in [3.63, 3.8) is 0 Å². The zero-order valence-electron chi connectivity index (χ0n) is 12.0. The lowest BCUT2D eigenvalue weighted by molar-refractivity contribution is 0.415. The van der Waals surface area contributed by atoms with Crippen molar-refractivity contribution in [3.05, 3.63) is 65.8 Å². The second-order valence-electron chi connectivity index (χ2n) is 5.09. The predicted molar refractivity (Wildman–Crippen MR) is 89.7 cm³/mol. The third-order valence-corrected chi connectivity index (χ3v) is 4.07. The lowest BCUT2D eigenvalue weighted by atomic mass is 10.0. The van der Waals surface area contributed by atoms with Crippen molar-refractivity contribution in [1.29, 1.82) is 0 Å². The number of pyridine rings is 1. The molecule has 0 spiro atoms. The van der Waals surface area contributed by atoms with Gasteiger partial charge in [-0.25, -0.2) is 4.98 Å². The van der Waals surface area contributed by atoms with Gasteiger partial charge in [-0.1, -0.05) is 29.8 Å². The predicted octanol–water partition coefficient (Wildman–Crippen LogP) is 4.82. The average molecular weight is 309 g/mol. The molecular formula is C18H13ClN2O. The number of hydrogen-bond donors (Lipinski definition) is 0. The minimum absolute atomic E-state index is 0.696. The molecule has 22 heavy (non-hydrogen) atoms. The number of benzene rings is 2. The average Bonchev–Trinajstić information content (AvgIpc) is 2.93. The molecule has 108 valence electrons. The molecule has 4 heteroatoms. The summed E-state index contributed by atoms with van der Waals surface area (Å²) in [4.78, 5) is 4.65. The van der Waals surface area contributed by atoms with Crippen LogP contribution in [-0.2, 0) is 0 Å². The van der Waals surface area contributed by atoms with E-state index in [-0.39, 0.29) is 0 Å². The monoisotopic (exact) mass is 308 g/mol. The lowest BCUT2D eigenvalue weighted by Crippen LogP contribution is -1.85. The van der Waals surface area contributed by atoms with Gasteiger partial charge in [0.1, 0.15) is 11.4 Å². The Kier molecular flexibility index (Phi) is 3.01. The van der Waals surface area contributed by atoms with E-state index in [0.29, 0.717) is 5.02 Å². The summed E-state index contributed by atoms with van der Waals surface area (Å²) in [5.74, 6) is 0.837. The molecule has 0 radical (unpaired) electrons. The number of fused-ring (bicyclic) bond motifs is 3. The third-order valence-electron chi connectivity index (χ3n) is 3.78. The maximum absolute atomic E-state index is 6.51.